The number of alkyl halides is 3. The predicted octanol–water partition coefficient (Wildman–Crippen LogP) is 4.37. The summed E-state index contributed by atoms with van der Waals surface area (Å²) in [5, 5.41) is 4.66. The van der Waals surface area contributed by atoms with Gasteiger partial charge in [-0.3, -0.25) is 0 Å². The number of anilines is 2. The third-order valence-corrected chi connectivity index (χ3v) is 2.41. The number of nitrogens with one attached hydrogen (secondary N) is 2. The van der Waals surface area contributed by atoms with Crippen molar-refractivity contribution in [3.05, 3.63) is 54.3 Å². The molecule has 0 radical (unpaired) electrons. The van der Waals surface area contributed by atoms with Crippen LogP contribution >= 0.6 is 0 Å². The van der Waals surface area contributed by atoms with E-state index >= 15 is 0 Å². The lowest BCUT2D eigenvalue weighted by molar-refractivity contribution is -0.274. The minimum atomic E-state index is -4.82. The van der Waals surface area contributed by atoms with Crippen LogP contribution in [-0.2, 0) is 0 Å². The lowest BCUT2D eigenvalue weighted by Gasteiger charge is -2.11. The average molecular weight is 314 g/mol. The maximum absolute atomic E-state index is 13.0. The average Bonchev–Trinajstić information content (AvgIpc) is 2.36. The van der Waals surface area contributed by atoms with Crippen LogP contribution in [0.5, 0.6) is 5.75 Å². The predicted molar refractivity (Wildman–Crippen MR) is 72.2 cm³/mol. The Hall–Kier alpha value is -2.77. The minimum Gasteiger partial charge on any atom is -0.406 e. The van der Waals surface area contributed by atoms with Crippen LogP contribution < -0.4 is 15.4 Å². The van der Waals surface area contributed by atoms with Crippen molar-refractivity contribution in [3.63, 3.8) is 0 Å². The highest BCUT2D eigenvalue weighted by molar-refractivity contribution is 5.99. The molecule has 2 aromatic carbocycles. The number of benzene rings is 2. The molecule has 2 rings (SSSR count). The van der Waals surface area contributed by atoms with Crippen LogP contribution in [0.15, 0.2) is 48.5 Å². The SMILES string of the molecule is O=C(Nc1cccc(F)c1)Nc1cccc(OC(F)(F)F)c1. The maximum Gasteiger partial charge on any atom is 0.573 e. The zero-order chi connectivity index (χ0) is 16.2. The van der Waals surface area contributed by atoms with E-state index in [0.29, 0.717) is 0 Å². The smallest absolute Gasteiger partial charge is 0.406 e. The number of carbonyl (C=O) groups excluding carboxylic acids is 1. The zero-order valence-corrected chi connectivity index (χ0v) is 10.9. The Kier molecular flexibility index (Phi) is 4.50. The Morgan fingerprint density at radius 1 is 0.955 bits per heavy atom. The molecular weight excluding hydrogens is 304 g/mol. The number of halogens is 4. The van der Waals surface area contributed by atoms with Gasteiger partial charge in [0.1, 0.15) is 11.6 Å². The molecule has 0 atom stereocenters. The van der Waals surface area contributed by atoms with Gasteiger partial charge in [0.05, 0.1) is 0 Å². The third kappa shape index (κ3) is 4.97. The molecule has 0 saturated carbocycles. The summed E-state index contributed by atoms with van der Waals surface area (Å²) in [5.74, 6) is -0.991. The summed E-state index contributed by atoms with van der Waals surface area (Å²) in [5.41, 5.74) is 0.302. The van der Waals surface area contributed by atoms with E-state index in [1.54, 1.807) is 0 Å². The van der Waals surface area contributed by atoms with Gasteiger partial charge in [-0.15, -0.1) is 13.2 Å². The maximum atomic E-state index is 13.0. The first kappa shape index (κ1) is 15.6. The Morgan fingerprint density at radius 3 is 2.14 bits per heavy atom. The zero-order valence-electron chi connectivity index (χ0n) is 10.9. The van der Waals surface area contributed by atoms with Gasteiger partial charge in [0.15, 0.2) is 0 Å². The molecule has 0 unspecified atom stereocenters. The van der Waals surface area contributed by atoms with Gasteiger partial charge in [0, 0.05) is 17.4 Å². The highest BCUT2D eigenvalue weighted by atomic mass is 19.4. The number of ether oxygens (including phenoxy) is 1. The van der Waals surface area contributed by atoms with Crippen molar-refractivity contribution >= 4 is 17.4 Å². The lowest BCUT2D eigenvalue weighted by Crippen LogP contribution is -2.20. The molecule has 0 bridgehead atoms. The molecule has 2 N–H and O–H groups in total. The molecule has 2 amide bonds. The van der Waals surface area contributed by atoms with Crippen molar-refractivity contribution in [1.29, 1.82) is 0 Å². The summed E-state index contributed by atoms with van der Waals surface area (Å²) in [4.78, 5) is 11.7. The summed E-state index contributed by atoms with van der Waals surface area (Å²) in [6, 6.07) is 9.24. The van der Waals surface area contributed by atoms with E-state index in [9.17, 15) is 22.4 Å². The molecule has 0 aliphatic carbocycles. The normalized spacial score (nSPS) is 10.9. The van der Waals surface area contributed by atoms with Crippen molar-refractivity contribution in [2.75, 3.05) is 10.6 Å². The van der Waals surface area contributed by atoms with Gasteiger partial charge in [-0.1, -0.05) is 12.1 Å². The molecule has 22 heavy (non-hydrogen) atoms. The van der Waals surface area contributed by atoms with E-state index in [0.717, 1.165) is 18.2 Å². The van der Waals surface area contributed by atoms with Crippen molar-refractivity contribution in [2.24, 2.45) is 0 Å². The fourth-order valence-corrected chi connectivity index (χ4v) is 1.63. The molecule has 2 aromatic rings. The first-order valence-electron chi connectivity index (χ1n) is 6.01. The second-order valence-electron chi connectivity index (χ2n) is 4.17. The van der Waals surface area contributed by atoms with Crippen molar-refractivity contribution < 1.29 is 27.1 Å². The van der Waals surface area contributed by atoms with Crippen LogP contribution in [0.25, 0.3) is 0 Å². The molecule has 0 aliphatic heterocycles. The highest BCUT2D eigenvalue weighted by Crippen LogP contribution is 2.25. The fourth-order valence-electron chi connectivity index (χ4n) is 1.63. The van der Waals surface area contributed by atoms with Gasteiger partial charge in [0.25, 0.3) is 0 Å². The molecule has 8 heteroatoms. The van der Waals surface area contributed by atoms with Gasteiger partial charge in [0.2, 0.25) is 0 Å². The molecule has 0 saturated heterocycles. The summed E-state index contributed by atoms with van der Waals surface area (Å²) in [6.07, 6.45) is -4.82. The Morgan fingerprint density at radius 2 is 1.55 bits per heavy atom. The van der Waals surface area contributed by atoms with Crippen LogP contribution in [0.3, 0.4) is 0 Å². The monoisotopic (exact) mass is 314 g/mol. The number of urea groups is 1. The number of hydrogen-bond acceptors (Lipinski definition) is 2. The number of hydrogen-bond donors (Lipinski definition) is 2. The van der Waals surface area contributed by atoms with Gasteiger partial charge in [-0.05, 0) is 30.3 Å². The van der Waals surface area contributed by atoms with E-state index < -0.39 is 24.0 Å². The van der Waals surface area contributed by atoms with Crippen molar-refractivity contribution in [1.82, 2.24) is 0 Å². The molecule has 0 fully saturated rings. The highest BCUT2D eigenvalue weighted by Gasteiger charge is 2.31. The quantitative estimate of drug-likeness (QED) is 0.827. The molecule has 0 heterocycles. The first-order chi connectivity index (χ1) is 10.3. The molecule has 0 aromatic heterocycles. The van der Waals surface area contributed by atoms with Crippen molar-refractivity contribution in [3.8, 4) is 5.75 Å². The van der Waals surface area contributed by atoms with Crippen LogP contribution in [0.4, 0.5) is 33.7 Å². The lowest BCUT2D eigenvalue weighted by atomic mass is 10.3. The molecule has 0 spiro atoms. The van der Waals surface area contributed by atoms with Crippen LogP contribution in [0.2, 0.25) is 0 Å². The first-order valence-corrected chi connectivity index (χ1v) is 6.01. The summed E-state index contributed by atoms with van der Waals surface area (Å²) in [6.45, 7) is 0. The topological polar surface area (TPSA) is 50.4 Å². The standard InChI is InChI=1S/C14H10F4N2O2/c15-9-3-1-4-10(7-9)19-13(21)20-11-5-2-6-12(8-11)22-14(16,17)18/h1-8H,(H2,19,20,21). The summed E-state index contributed by atoms with van der Waals surface area (Å²) in [7, 11) is 0. The van der Waals surface area contributed by atoms with E-state index in [1.807, 2.05) is 0 Å². The van der Waals surface area contributed by atoms with E-state index in [2.05, 4.69) is 15.4 Å². The Labute approximate surface area is 122 Å². The second kappa shape index (κ2) is 6.33. The van der Waals surface area contributed by atoms with Gasteiger partial charge >= 0.3 is 12.4 Å². The van der Waals surface area contributed by atoms with E-state index in [1.165, 1.54) is 30.3 Å². The van der Waals surface area contributed by atoms with Gasteiger partial charge < -0.3 is 15.4 Å². The summed E-state index contributed by atoms with van der Waals surface area (Å²) < 4.78 is 53.0. The number of amides is 2. The van der Waals surface area contributed by atoms with Crippen LogP contribution in [0, 0.1) is 5.82 Å². The number of carbonyl (C=O) groups is 1. The summed E-state index contributed by atoms with van der Waals surface area (Å²) >= 11 is 0. The van der Waals surface area contributed by atoms with Gasteiger partial charge in [-0.25, -0.2) is 9.18 Å². The molecular formula is C14H10F4N2O2. The second-order valence-corrected chi connectivity index (χ2v) is 4.17. The van der Waals surface area contributed by atoms with Gasteiger partial charge in [-0.2, -0.15) is 0 Å². The molecule has 0 aliphatic rings. The fraction of sp³-hybridized carbons (Fsp3) is 0.0714. The largest absolute Gasteiger partial charge is 0.573 e. The van der Waals surface area contributed by atoms with E-state index in [-0.39, 0.29) is 11.4 Å². The Bertz CT molecular complexity index is 674. The van der Waals surface area contributed by atoms with Crippen LogP contribution in [0.1, 0.15) is 0 Å². The van der Waals surface area contributed by atoms with Crippen molar-refractivity contribution in [2.45, 2.75) is 6.36 Å². The Balaban J connectivity index is 2.01. The third-order valence-electron chi connectivity index (χ3n) is 2.41. The van der Waals surface area contributed by atoms with Crippen LogP contribution in [-0.4, -0.2) is 12.4 Å². The molecule has 116 valence electrons. The minimum absolute atomic E-state index is 0.0932. The number of rotatable bonds is 3. The van der Waals surface area contributed by atoms with E-state index in [4.69, 9.17) is 0 Å². The molecule has 4 nitrogen and oxygen atoms in total.